The second kappa shape index (κ2) is 7.25. The van der Waals surface area contributed by atoms with E-state index in [9.17, 15) is 13.2 Å². The maximum absolute atomic E-state index is 11.8. The molecular formula is C13H19NO5S. The molecule has 112 valence electrons. The fraction of sp³-hybridized carbons (Fsp3) is 0.462. The fourth-order valence-electron chi connectivity index (χ4n) is 1.65. The van der Waals surface area contributed by atoms with Crippen LogP contribution >= 0.6 is 0 Å². The first kappa shape index (κ1) is 16.5. The Morgan fingerprint density at radius 1 is 1.25 bits per heavy atom. The van der Waals surface area contributed by atoms with Crippen LogP contribution in [0.1, 0.15) is 18.0 Å². The number of hydrogen-bond donors (Lipinski definition) is 1. The average molecular weight is 301 g/mol. The molecular weight excluding hydrogens is 282 g/mol. The van der Waals surface area contributed by atoms with E-state index in [1.54, 1.807) is 31.4 Å². The van der Waals surface area contributed by atoms with Gasteiger partial charge in [0.05, 0.1) is 32.1 Å². The average Bonchev–Trinajstić information content (AvgIpc) is 2.44. The summed E-state index contributed by atoms with van der Waals surface area (Å²) in [7, 11) is -0.639. The topological polar surface area (TPSA) is 95.7 Å². The second-order valence-corrected chi connectivity index (χ2v) is 6.55. The minimum atomic E-state index is -3.41. The van der Waals surface area contributed by atoms with Crippen molar-refractivity contribution >= 4 is 15.8 Å². The predicted octanol–water partition coefficient (Wildman–Crippen LogP) is 0.673. The van der Waals surface area contributed by atoms with Crippen LogP contribution in [-0.4, -0.2) is 40.1 Å². The van der Waals surface area contributed by atoms with Crippen molar-refractivity contribution in [2.24, 2.45) is 5.73 Å². The molecule has 0 spiro atoms. The second-order valence-electron chi connectivity index (χ2n) is 4.32. The van der Waals surface area contributed by atoms with Gasteiger partial charge in [-0.05, 0) is 17.7 Å². The summed E-state index contributed by atoms with van der Waals surface area (Å²) in [5.74, 6) is -0.346. The van der Waals surface area contributed by atoms with E-state index in [-0.39, 0.29) is 17.9 Å². The summed E-state index contributed by atoms with van der Waals surface area (Å²) in [6.07, 6.45) is -0.159. The molecule has 2 N–H and O–H groups in total. The van der Waals surface area contributed by atoms with Crippen molar-refractivity contribution in [3.05, 3.63) is 29.8 Å². The van der Waals surface area contributed by atoms with Crippen molar-refractivity contribution in [1.82, 2.24) is 0 Å². The Hall–Kier alpha value is -1.60. The molecule has 0 aliphatic heterocycles. The first-order valence-corrected chi connectivity index (χ1v) is 7.87. The van der Waals surface area contributed by atoms with Gasteiger partial charge in [-0.1, -0.05) is 12.1 Å². The van der Waals surface area contributed by atoms with Crippen molar-refractivity contribution in [1.29, 1.82) is 0 Å². The highest BCUT2D eigenvalue weighted by atomic mass is 32.2. The normalized spacial score (nSPS) is 12.8. The van der Waals surface area contributed by atoms with Gasteiger partial charge in [-0.3, -0.25) is 4.79 Å². The van der Waals surface area contributed by atoms with Crippen LogP contribution in [0.25, 0.3) is 0 Å². The number of nitrogens with two attached hydrogens (primary N) is 1. The van der Waals surface area contributed by atoms with Crippen molar-refractivity contribution in [2.45, 2.75) is 12.5 Å². The SMILES string of the molecule is COC(=O)CCS(=O)(=O)CC(N)c1ccc(OC)cc1. The summed E-state index contributed by atoms with van der Waals surface area (Å²) in [5, 5.41) is 0. The lowest BCUT2D eigenvalue weighted by atomic mass is 10.1. The summed E-state index contributed by atoms with van der Waals surface area (Å²) in [6.45, 7) is 0. The maximum atomic E-state index is 11.8. The van der Waals surface area contributed by atoms with Gasteiger partial charge in [-0.15, -0.1) is 0 Å². The van der Waals surface area contributed by atoms with Gasteiger partial charge >= 0.3 is 5.97 Å². The van der Waals surface area contributed by atoms with E-state index in [0.717, 1.165) is 0 Å². The van der Waals surface area contributed by atoms with Gasteiger partial charge in [0, 0.05) is 6.04 Å². The third-order valence-corrected chi connectivity index (χ3v) is 4.52. The largest absolute Gasteiger partial charge is 0.497 e. The highest BCUT2D eigenvalue weighted by Gasteiger charge is 2.19. The number of esters is 1. The van der Waals surface area contributed by atoms with E-state index in [1.807, 2.05) is 0 Å². The van der Waals surface area contributed by atoms with E-state index in [0.29, 0.717) is 11.3 Å². The third-order valence-electron chi connectivity index (χ3n) is 2.82. The first-order chi connectivity index (χ1) is 9.38. The molecule has 1 aromatic carbocycles. The molecule has 0 saturated heterocycles. The Kier molecular flexibility index (Phi) is 5.97. The molecule has 0 aromatic heterocycles. The van der Waals surface area contributed by atoms with Gasteiger partial charge < -0.3 is 15.2 Å². The zero-order chi connectivity index (χ0) is 15.2. The molecule has 1 aromatic rings. The van der Waals surface area contributed by atoms with Crippen LogP contribution in [0.4, 0.5) is 0 Å². The van der Waals surface area contributed by atoms with E-state index in [2.05, 4.69) is 4.74 Å². The van der Waals surface area contributed by atoms with Crippen molar-refractivity contribution in [3.63, 3.8) is 0 Å². The van der Waals surface area contributed by atoms with Crippen LogP contribution in [0.5, 0.6) is 5.75 Å². The third kappa shape index (κ3) is 5.18. The zero-order valence-corrected chi connectivity index (χ0v) is 12.4. The first-order valence-electron chi connectivity index (χ1n) is 6.04. The molecule has 7 heteroatoms. The Morgan fingerprint density at radius 2 is 1.85 bits per heavy atom. The van der Waals surface area contributed by atoms with E-state index >= 15 is 0 Å². The van der Waals surface area contributed by atoms with Gasteiger partial charge in [0.1, 0.15) is 5.75 Å². The molecule has 0 saturated carbocycles. The molecule has 0 heterocycles. The van der Waals surface area contributed by atoms with E-state index < -0.39 is 21.8 Å². The van der Waals surface area contributed by atoms with E-state index in [4.69, 9.17) is 10.5 Å². The van der Waals surface area contributed by atoms with Crippen LogP contribution in [0.15, 0.2) is 24.3 Å². The van der Waals surface area contributed by atoms with Gasteiger partial charge in [0.25, 0.3) is 0 Å². The lowest BCUT2D eigenvalue weighted by Gasteiger charge is -2.13. The molecule has 0 bridgehead atoms. The molecule has 0 aliphatic carbocycles. The summed E-state index contributed by atoms with van der Waals surface area (Å²) < 4.78 is 33.1. The predicted molar refractivity (Wildman–Crippen MR) is 75.2 cm³/mol. The van der Waals surface area contributed by atoms with Crippen molar-refractivity contribution in [3.8, 4) is 5.75 Å². The smallest absolute Gasteiger partial charge is 0.306 e. The van der Waals surface area contributed by atoms with Crippen molar-refractivity contribution in [2.75, 3.05) is 25.7 Å². The van der Waals surface area contributed by atoms with Crippen LogP contribution in [0.2, 0.25) is 0 Å². The van der Waals surface area contributed by atoms with Gasteiger partial charge in [-0.2, -0.15) is 0 Å². The molecule has 6 nitrogen and oxygen atoms in total. The molecule has 1 atom stereocenters. The Bertz CT molecular complexity index is 538. The minimum Gasteiger partial charge on any atom is -0.497 e. The summed E-state index contributed by atoms with van der Waals surface area (Å²) in [6, 6.07) is 6.24. The summed E-state index contributed by atoms with van der Waals surface area (Å²) >= 11 is 0. The number of rotatable bonds is 7. The highest BCUT2D eigenvalue weighted by molar-refractivity contribution is 7.91. The van der Waals surface area contributed by atoms with Crippen LogP contribution < -0.4 is 10.5 Å². The maximum Gasteiger partial charge on any atom is 0.306 e. The highest BCUT2D eigenvalue weighted by Crippen LogP contribution is 2.17. The lowest BCUT2D eigenvalue weighted by Crippen LogP contribution is -2.24. The number of benzene rings is 1. The van der Waals surface area contributed by atoms with E-state index in [1.165, 1.54) is 7.11 Å². The molecule has 0 aliphatic rings. The van der Waals surface area contributed by atoms with Gasteiger partial charge in [0.2, 0.25) is 0 Å². The monoisotopic (exact) mass is 301 g/mol. The Morgan fingerprint density at radius 3 is 2.35 bits per heavy atom. The Labute approximate surface area is 118 Å². The molecule has 0 amide bonds. The number of methoxy groups -OCH3 is 2. The number of carbonyl (C=O) groups is 1. The van der Waals surface area contributed by atoms with Crippen molar-refractivity contribution < 1.29 is 22.7 Å². The number of ether oxygens (including phenoxy) is 2. The summed E-state index contributed by atoms with van der Waals surface area (Å²) in [4.78, 5) is 11.0. The number of sulfone groups is 1. The fourth-order valence-corrected chi connectivity index (χ4v) is 3.03. The summed E-state index contributed by atoms with van der Waals surface area (Å²) in [5.41, 5.74) is 6.58. The van der Waals surface area contributed by atoms with Gasteiger partial charge in [-0.25, -0.2) is 8.42 Å². The standard InChI is InChI=1S/C13H19NO5S/c1-18-11-5-3-10(4-6-11)12(14)9-20(16,17)8-7-13(15)19-2/h3-6,12H,7-9,14H2,1-2H3. The number of hydrogen-bond acceptors (Lipinski definition) is 6. The molecule has 0 fully saturated rings. The Balaban J connectivity index is 2.63. The lowest BCUT2D eigenvalue weighted by molar-refractivity contribution is -0.140. The zero-order valence-electron chi connectivity index (χ0n) is 11.5. The minimum absolute atomic E-state index is 0.159. The van der Waals surface area contributed by atoms with Crippen LogP contribution in [-0.2, 0) is 19.4 Å². The molecule has 1 rings (SSSR count). The number of carbonyl (C=O) groups excluding carboxylic acids is 1. The van der Waals surface area contributed by atoms with Crippen LogP contribution in [0, 0.1) is 0 Å². The van der Waals surface area contributed by atoms with Gasteiger partial charge in [0.15, 0.2) is 9.84 Å². The van der Waals surface area contributed by atoms with Crippen LogP contribution in [0.3, 0.4) is 0 Å². The quantitative estimate of drug-likeness (QED) is 0.744. The molecule has 20 heavy (non-hydrogen) atoms. The molecule has 0 radical (unpaired) electrons. The molecule has 1 unspecified atom stereocenters.